The number of carbonyl (C=O) groups excluding carboxylic acids is 1. The molecule has 24 heavy (non-hydrogen) atoms. The minimum absolute atomic E-state index is 0.190. The third kappa shape index (κ3) is 3.67. The number of amides is 1. The highest BCUT2D eigenvalue weighted by molar-refractivity contribution is 6.39. The number of aromatic nitrogens is 3. The van der Waals surface area contributed by atoms with Gasteiger partial charge in [0.15, 0.2) is 5.69 Å². The molecule has 0 aliphatic heterocycles. The maximum atomic E-state index is 12.2. The second-order valence-electron chi connectivity index (χ2n) is 5.09. The summed E-state index contributed by atoms with van der Waals surface area (Å²) >= 11 is 11.9. The monoisotopic (exact) mass is 361 g/mol. The minimum Gasteiger partial charge on any atom is -0.396 e. The van der Waals surface area contributed by atoms with Crippen molar-refractivity contribution in [3.05, 3.63) is 70.0 Å². The largest absolute Gasteiger partial charge is 0.396 e. The van der Waals surface area contributed by atoms with Gasteiger partial charge in [-0.3, -0.25) is 4.79 Å². The molecule has 0 bridgehead atoms. The standard InChI is InChI=1S/C16H13Cl2N5O/c17-12-6-11(7-13(18)15(12)19)20-16(24)14-9-23(22-21-14)8-10-4-2-1-3-5-10/h1-7,9H,8,19H2,(H,20,24). The van der Waals surface area contributed by atoms with Crippen LogP contribution < -0.4 is 11.1 Å². The van der Waals surface area contributed by atoms with Gasteiger partial charge in [0.1, 0.15) is 0 Å². The molecule has 2 aromatic carbocycles. The average molecular weight is 362 g/mol. The van der Waals surface area contributed by atoms with Gasteiger partial charge in [0.2, 0.25) is 0 Å². The lowest BCUT2D eigenvalue weighted by molar-refractivity contribution is 0.102. The molecule has 8 heteroatoms. The Morgan fingerprint density at radius 2 is 1.83 bits per heavy atom. The summed E-state index contributed by atoms with van der Waals surface area (Å²) in [6, 6.07) is 12.8. The lowest BCUT2D eigenvalue weighted by Crippen LogP contribution is -2.12. The molecule has 6 nitrogen and oxygen atoms in total. The lowest BCUT2D eigenvalue weighted by Gasteiger charge is -2.07. The lowest BCUT2D eigenvalue weighted by atomic mass is 10.2. The van der Waals surface area contributed by atoms with E-state index in [2.05, 4.69) is 15.6 Å². The predicted octanol–water partition coefficient (Wildman–Crippen LogP) is 3.47. The molecule has 1 amide bonds. The summed E-state index contributed by atoms with van der Waals surface area (Å²) in [7, 11) is 0. The van der Waals surface area contributed by atoms with Crippen LogP contribution in [0.25, 0.3) is 0 Å². The molecular formula is C16H13Cl2N5O. The molecular weight excluding hydrogens is 349 g/mol. The number of anilines is 2. The molecule has 0 fully saturated rings. The van der Waals surface area contributed by atoms with Gasteiger partial charge in [-0.1, -0.05) is 58.7 Å². The number of nitrogens with one attached hydrogen (secondary N) is 1. The van der Waals surface area contributed by atoms with E-state index in [-0.39, 0.29) is 21.4 Å². The van der Waals surface area contributed by atoms with Crippen molar-refractivity contribution in [3.8, 4) is 0 Å². The van der Waals surface area contributed by atoms with Crippen LogP contribution in [-0.4, -0.2) is 20.9 Å². The summed E-state index contributed by atoms with van der Waals surface area (Å²) in [5.41, 5.74) is 7.62. The molecule has 0 aliphatic carbocycles. The van der Waals surface area contributed by atoms with Gasteiger partial charge in [0, 0.05) is 5.69 Å². The number of benzene rings is 2. The Labute approximate surface area is 148 Å². The van der Waals surface area contributed by atoms with Gasteiger partial charge in [-0.25, -0.2) is 4.68 Å². The number of hydrogen-bond donors (Lipinski definition) is 2. The molecule has 1 heterocycles. The SMILES string of the molecule is Nc1c(Cl)cc(NC(=O)c2cn(Cc3ccccc3)nn2)cc1Cl. The predicted molar refractivity (Wildman–Crippen MR) is 94.4 cm³/mol. The first-order valence-corrected chi connectivity index (χ1v) is 7.78. The van der Waals surface area contributed by atoms with Crippen molar-refractivity contribution in [1.82, 2.24) is 15.0 Å². The first-order chi connectivity index (χ1) is 11.5. The van der Waals surface area contributed by atoms with E-state index in [0.29, 0.717) is 12.2 Å². The van der Waals surface area contributed by atoms with Crippen LogP contribution in [0.5, 0.6) is 0 Å². The topological polar surface area (TPSA) is 85.8 Å². The summed E-state index contributed by atoms with van der Waals surface area (Å²) in [6.07, 6.45) is 1.57. The summed E-state index contributed by atoms with van der Waals surface area (Å²) in [5, 5.41) is 11.0. The van der Waals surface area contributed by atoms with Crippen LogP contribution in [0.1, 0.15) is 16.1 Å². The van der Waals surface area contributed by atoms with Crippen molar-refractivity contribution < 1.29 is 4.79 Å². The van der Waals surface area contributed by atoms with E-state index in [0.717, 1.165) is 5.56 Å². The minimum atomic E-state index is -0.411. The third-order valence-electron chi connectivity index (χ3n) is 3.30. The van der Waals surface area contributed by atoms with E-state index in [4.69, 9.17) is 28.9 Å². The molecule has 0 aliphatic rings. The zero-order valence-electron chi connectivity index (χ0n) is 12.4. The van der Waals surface area contributed by atoms with Crippen molar-refractivity contribution in [2.45, 2.75) is 6.54 Å². The van der Waals surface area contributed by atoms with Gasteiger partial charge < -0.3 is 11.1 Å². The van der Waals surface area contributed by atoms with Crippen LogP contribution in [-0.2, 0) is 6.54 Å². The molecule has 0 atom stereocenters. The van der Waals surface area contributed by atoms with E-state index in [1.54, 1.807) is 10.9 Å². The van der Waals surface area contributed by atoms with Gasteiger partial charge in [0.25, 0.3) is 5.91 Å². The molecule has 3 aromatic rings. The fourth-order valence-electron chi connectivity index (χ4n) is 2.10. The third-order valence-corrected chi connectivity index (χ3v) is 3.92. The van der Waals surface area contributed by atoms with Crippen LogP contribution in [0.15, 0.2) is 48.7 Å². The number of halogens is 2. The van der Waals surface area contributed by atoms with E-state index in [1.165, 1.54) is 12.1 Å². The van der Waals surface area contributed by atoms with E-state index < -0.39 is 5.91 Å². The fourth-order valence-corrected chi connectivity index (χ4v) is 2.59. The number of nitrogens with zero attached hydrogens (tertiary/aromatic N) is 3. The highest BCUT2D eigenvalue weighted by Crippen LogP contribution is 2.31. The molecule has 0 unspecified atom stereocenters. The average Bonchev–Trinajstić information content (AvgIpc) is 3.02. The fraction of sp³-hybridized carbons (Fsp3) is 0.0625. The molecule has 122 valence electrons. The maximum absolute atomic E-state index is 12.2. The Bertz CT molecular complexity index is 856. The van der Waals surface area contributed by atoms with Gasteiger partial charge in [0.05, 0.1) is 28.5 Å². The van der Waals surface area contributed by atoms with Crippen LogP contribution in [0.4, 0.5) is 11.4 Å². The first kappa shape index (κ1) is 16.3. The van der Waals surface area contributed by atoms with E-state index in [1.807, 2.05) is 30.3 Å². The van der Waals surface area contributed by atoms with Crippen LogP contribution in [0.3, 0.4) is 0 Å². The normalized spacial score (nSPS) is 10.6. The van der Waals surface area contributed by atoms with E-state index in [9.17, 15) is 4.79 Å². The first-order valence-electron chi connectivity index (χ1n) is 7.03. The van der Waals surface area contributed by atoms with Crippen molar-refractivity contribution in [2.75, 3.05) is 11.1 Å². The number of nitrogens with two attached hydrogens (primary N) is 1. The Hall–Kier alpha value is -2.57. The number of rotatable bonds is 4. The molecule has 0 spiro atoms. The van der Waals surface area contributed by atoms with Gasteiger partial charge in [-0.2, -0.15) is 0 Å². The Morgan fingerprint density at radius 1 is 1.17 bits per heavy atom. The summed E-state index contributed by atoms with van der Waals surface area (Å²) in [6.45, 7) is 0.528. The van der Waals surface area contributed by atoms with Crippen LogP contribution in [0.2, 0.25) is 10.0 Å². The molecule has 0 saturated carbocycles. The van der Waals surface area contributed by atoms with Crippen molar-refractivity contribution in [3.63, 3.8) is 0 Å². The highest BCUT2D eigenvalue weighted by Gasteiger charge is 2.13. The molecule has 1 aromatic heterocycles. The van der Waals surface area contributed by atoms with Crippen LogP contribution in [0, 0.1) is 0 Å². The Morgan fingerprint density at radius 3 is 2.50 bits per heavy atom. The second kappa shape index (κ2) is 6.90. The highest BCUT2D eigenvalue weighted by atomic mass is 35.5. The van der Waals surface area contributed by atoms with Crippen molar-refractivity contribution in [2.24, 2.45) is 0 Å². The second-order valence-corrected chi connectivity index (χ2v) is 5.91. The zero-order chi connectivity index (χ0) is 17.1. The van der Waals surface area contributed by atoms with Crippen molar-refractivity contribution in [1.29, 1.82) is 0 Å². The van der Waals surface area contributed by atoms with Crippen molar-refractivity contribution >= 4 is 40.5 Å². The molecule has 3 rings (SSSR count). The van der Waals surface area contributed by atoms with Crippen LogP contribution >= 0.6 is 23.2 Å². The summed E-state index contributed by atoms with van der Waals surface area (Å²) in [5.74, 6) is -0.411. The number of hydrogen-bond acceptors (Lipinski definition) is 4. The maximum Gasteiger partial charge on any atom is 0.277 e. The summed E-state index contributed by atoms with van der Waals surface area (Å²) in [4.78, 5) is 12.2. The molecule has 0 radical (unpaired) electrons. The van der Waals surface area contributed by atoms with Gasteiger partial charge in [-0.05, 0) is 17.7 Å². The quantitative estimate of drug-likeness (QED) is 0.696. The number of nitrogen functional groups attached to an aromatic ring is 1. The summed E-state index contributed by atoms with van der Waals surface area (Å²) < 4.78 is 1.59. The smallest absolute Gasteiger partial charge is 0.277 e. The zero-order valence-corrected chi connectivity index (χ0v) is 13.9. The molecule has 0 saturated heterocycles. The Balaban J connectivity index is 1.72. The Kier molecular flexibility index (Phi) is 4.69. The van der Waals surface area contributed by atoms with Gasteiger partial charge >= 0.3 is 0 Å². The molecule has 3 N–H and O–H groups in total. The van der Waals surface area contributed by atoms with E-state index >= 15 is 0 Å². The number of carbonyl (C=O) groups is 1. The van der Waals surface area contributed by atoms with Gasteiger partial charge in [-0.15, -0.1) is 5.10 Å².